The first kappa shape index (κ1) is 14.6. The Labute approximate surface area is 124 Å². The molecule has 0 bridgehead atoms. The first-order chi connectivity index (χ1) is 9.04. The lowest BCUT2D eigenvalue weighted by Crippen LogP contribution is -2.41. The monoisotopic (exact) mass is 380 g/mol. The van der Waals surface area contributed by atoms with Crippen LogP contribution in [0.2, 0.25) is 0 Å². The van der Waals surface area contributed by atoms with Crippen LogP contribution < -0.4 is 5.32 Å². The molecule has 0 radical (unpaired) electrons. The molecule has 6 heteroatoms. The van der Waals surface area contributed by atoms with E-state index >= 15 is 0 Å². The fraction of sp³-hybridized carbons (Fsp3) is 0.462. The Kier molecular flexibility index (Phi) is 4.72. The highest BCUT2D eigenvalue weighted by Gasteiger charge is 2.30. The molecule has 19 heavy (non-hydrogen) atoms. The van der Waals surface area contributed by atoms with Crippen LogP contribution in [-0.2, 0) is 0 Å². The second-order valence-electron chi connectivity index (χ2n) is 4.60. The van der Waals surface area contributed by atoms with Crippen LogP contribution in [0.1, 0.15) is 23.2 Å². The van der Waals surface area contributed by atoms with E-state index in [1.165, 1.54) is 0 Å². The van der Waals surface area contributed by atoms with E-state index in [9.17, 15) is 13.6 Å². The van der Waals surface area contributed by atoms with Gasteiger partial charge in [-0.05, 0) is 54.6 Å². The van der Waals surface area contributed by atoms with Crippen molar-refractivity contribution in [1.82, 2.24) is 10.2 Å². The Bertz CT molecular complexity index is 496. The number of carbonyl (C=O) groups excluding carboxylic acids is 1. The van der Waals surface area contributed by atoms with Crippen molar-refractivity contribution in [2.24, 2.45) is 0 Å². The van der Waals surface area contributed by atoms with E-state index in [4.69, 9.17) is 0 Å². The van der Waals surface area contributed by atoms with Crippen molar-refractivity contribution in [3.8, 4) is 0 Å². The molecule has 1 aliphatic heterocycles. The van der Waals surface area contributed by atoms with Gasteiger partial charge in [-0.1, -0.05) is 0 Å². The zero-order valence-electron chi connectivity index (χ0n) is 10.5. The number of hydrogen-bond acceptors (Lipinski definition) is 2. The summed E-state index contributed by atoms with van der Waals surface area (Å²) in [4.78, 5) is 14.2. The summed E-state index contributed by atoms with van der Waals surface area (Å²) in [5.41, 5.74) is 0.238. The maximum atomic E-state index is 13.3. The summed E-state index contributed by atoms with van der Waals surface area (Å²) in [6.07, 6.45) is 1.88. The first-order valence-corrected chi connectivity index (χ1v) is 7.22. The maximum Gasteiger partial charge on any atom is 0.255 e. The molecule has 1 saturated heterocycles. The number of benzene rings is 1. The SMILES string of the molecule is CNCC1CCCN1C(=O)c1cc(F)c(F)cc1I. The molecule has 1 N–H and O–H groups in total. The highest BCUT2D eigenvalue weighted by Crippen LogP contribution is 2.23. The van der Waals surface area contributed by atoms with E-state index in [2.05, 4.69) is 5.32 Å². The topological polar surface area (TPSA) is 32.3 Å². The van der Waals surface area contributed by atoms with Gasteiger partial charge in [0.05, 0.1) is 5.56 Å². The number of nitrogens with zero attached hydrogens (tertiary/aromatic N) is 1. The van der Waals surface area contributed by atoms with Gasteiger partial charge in [-0.25, -0.2) is 8.78 Å². The van der Waals surface area contributed by atoms with E-state index in [0.29, 0.717) is 16.7 Å². The predicted octanol–water partition coefficient (Wildman–Crippen LogP) is 2.39. The van der Waals surface area contributed by atoms with Crippen LogP contribution in [0.3, 0.4) is 0 Å². The molecule has 1 fully saturated rings. The fourth-order valence-corrected chi connectivity index (χ4v) is 3.05. The molecule has 3 nitrogen and oxygen atoms in total. The van der Waals surface area contributed by atoms with Gasteiger partial charge in [-0.15, -0.1) is 0 Å². The zero-order valence-corrected chi connectivity index (χ0v) is 12.7. The quantitative estimate of drug-likeness (QED) is 0.645. The van der Waals surface area contributed by atoms with Crippen molar-refractivity contribution in [2.75, 3.05) is 20.1 Å². The summed E-state index contributed by atoms with van der Waals surface area (Å²) < 4.78 is 26.8. The Morgan fingerprint density at radius 3 is 2.84 bits per heavy atom. The van der Waals surface area contributed by atoms with Crippen molar-refractivity contribution < 1.29 is 13.6 Å². The zero-order chi connectivity index (χ0) is 14.0. The summed E-state index contributed by atoms with van der Waals surface area (Å²) in [5, 5.41) is 3.05. The number of likely N-dealkylation sites (N-methyl/N-ethyl adjacent to an activating group) is 1. The minimum atomic E-state index is -0.979. The lowest BCUT2D eigenvalue weighted by Gasteiger charge is -2.25. The number of amides is 1. The largest absolute Gasteiger partial charge is 0.334 e. The molecule has 0 aromatic heterocycles. The molecule has 0 spiro atoms. The third-order valence-corrected chi connectivity index (χ3v) is 4.21. The van der Waals surface area contributed by atoms with Gasteiger partial charge in [-0.3, -0.25) is 4.79 Å². The normalized spacial score (nSPS) is 18.9. The molecule has 1 unspecified atom stereocenters. The molecule has 0 saturated carbocycles. The maximum absolute atomic E-state index is 13.3. The molecule has 1 aromatic rings. The van der Waals surface area contributed by atoms with Gasteiger partial charge >= 0.3 is 0 Å². The van der Waals surface area contributed by atoms with Crippen LogP contribution in [0, 0.1) is 15.2 Å². The standard InChI is InChI=1S/C13H15F2IN2O/c1-17-7-8-3-2-4-18(8)13(19)9-5-10(14)11(15)6-12(9)16/h5-6,8,17H,2-4,7H2,1H3. The number of carbonyl (C=O) groups is 1. The van der Waals surface area contributed by atoms with Gasteiger partial charge in [0.25, 0.3) is 5.91 Å². The van der Waals surface area contributed by atoms with Gasteiger partial charge in [0.1, 0.15) is 0 Å². The van der Waals surface area contributed by atoms with Crippen molar-refractivity contribution >= 4 is 28.5 Å². The van der Waals surface area contributed by atoms with Gasteiger partial charge < -0.3 is 10.2 Å². The summed E-state index contributed by atoms with van der Waals surface area (Å²) in [5.74, 6) is -2.12. The van der Waals surface area contributed by atoms with E-state index in [1.807, 2.05) is 29.6 Å². The average molecular weight is 380 g/mol. The summed E-state index contributed by atoms with van der Waals surface area (Å²) in [6.45, 7) is 1.38. The van der Waals surface area contributed by atoms with Gasteiger partial charge in [-0.2, -0.15) is 0 Å². The van der Waals surface area contributed by atoms with Crippen molar-refractivity contribution in [3.63, 3.8) is 0 Å². The smallest absolute Gasteiger partial charge is 0.255 e. The number of hydrogen-bond donors (Lipinski definition) is 1. The number of likely N-dealkylation sites (tertiary alicyclic amines) is 1. The summed E-state index contributed by atoms with van der Waals surface area (Å²) in [7, 11) is 1.84. The lowest BCUT2D eigenvalue weighted by atomic mass is 10.1. The Morgan fingerprint density at radius 1 is 1.47 bits per heavy atom. The van der Waals surface area contributed by atoms with Crippen molar-refractivity contribution in [1.29, 1.82) is 0 Å². The molecule has 1 aromatic carbocycles. The Morgan fingerprint density at radius 2 is 2.16 bits per heavy atom. The number of halogens is 3. The fourth-order valence-electron chi connectivity index (χ4n) is 2.39. The van der Waals surface area contributed by atoms with E-state index < -0.39 is 11.6 Å². The van der Waals surface area contributed by atoms with E-state index in [0.717, 1.165) is 25.0 Å². The minimum Gasteiger partial charge on any atom is -0.334 e. The number of nitrogens with one attached hydrogen (secondary N) is 1. The van der Waals surface area contributed by atoms with Gasteiger partial charge in [0.15, 0.2) is 11.6 Å². The molecular weight excluding hydrogens is 365 g/mol. The highest BCUT2D eigenvalue weighted by atomic mass is 127. The summed E-state index contributed by atoms with van der Waals surface area (Å²) in [6, 6.07) is 2.18. The van der Waals surface area contributed by atoms with E-state index in [1.54, 1.807) is 4.90 Å². The molecule has 104 valence electrons. The Balaban J connectivity index is 2.26. The van der Waals surface area contributed by atoms with Crippen LogP contribution in [0.15, 0.2) is 12.1 Å². The molecule has 1 heterocycles. The highest BCUT2D eigenvalue weighted by molar-refractivity contribution is 14.1. The molecule has 1 atom stereocenters. The van der Waals surface area contributed by atoms with Gasteiger partial charge in [0, 0.05) is 22.7 Å². The second kappa shape index (κ2) is 6.13. The van der Waals surface area contributed by atoms with Crippen molar-refractivity contribution in [3.05, 3.63) is 32.9 Å². The molecule has 1 aliphatic rings. The van der Waals surface area contributed by atoms with Crippen LogP contribution in [0.4, 0.5) is 8.78 Å². The third kappa shape index (κ3) is 3.05. The van der Waals surface area contributed by atoms with Crippen molar-refractivity contribution in [2.45, 2.75) is 18.9 Å². The van der Waals surface area contributed by atoms with E-state index in [-0.39, 0.29) is 17.5 Å². The lowest BCUT2D eigenvalue weighted by molar-refractivity contribution is 0.0735. The predicted molar refractivity (Wildman–Crippen MR) is 77.1 cm³/mol. The molecule has 1 amide bonds. The third-order valence-electron chi connectivity index (χ3n) is 3.32. The first-order valence-electron chi connectivity index (χ1n) is 6.14. The molecule has 2 rings (SSSR count). The molecule has 0 aliphatic carbocycles. The van der Waals surface area contributed by atoms with Crippen LogP contribution >= 0.6 is 22.6 Å². The Hall–Kier alpha value is -0.760. The minimum absolute atomic E-state index is 0.126. The van der Waals surface area contributed by atoms with Gasteiger partial charge in [0.2, 0.25) is 0 Å². The van der Waals surface area contributed by atoms with Crippen LogP contribution in [-0.4, -0.2) is 37.0 Å². The average Bonchev–Trinajstić information content (AvgIpc) is 2.82. The molecular formula is C13H15F2IN2O. The van der Waals surface area contributed by atoms with Crippen LogP contribution in [0.25, 0.3) is 0 Å². The summed E-state index contributed by atoms with van der Waals surface area (Å²) >= 11 is 1.86. The number of rotatable bonds is 3. The second-order valence-corrected chi connectivity index (χ2v) is 5.76. The van der Waals surface area contributed by atoms with Crippen LogP contribution in [0.5, 0.6) is 0 Å².